The molecule has 0 radical (unpaired) electrons. The standard InChI is InChI=1S/C20H24F2N2O5/c21-14-4-3-5-15(22)18(14)23-16(25)13-29-19(27)20(6-1-2-7-20)12-17(26)24-8-10-28-11-9-24/h3-5H,1-2,6-13H2,(H,23,25). The first kappa shape index (κ1) is 21.2. The second kappa shape index (κ2) is 9.30. The molecule has 0 bridgehead atoms. The van der Waals surface area contributed by atoms with Gasteiger partial charge in [0.2, 0.25) is 5.91 Å². The molecule has 1 aliphatic carbocycles. The van der Waals surface area contributed by atoms with Crippen LogP contribution in [0.5, 0.6) is 0 Å². The molecule has 9 heteroatoms. The molecule has 1 heterocycles. The smallest absolute Gasteiger partial charge is 0.313 e. The molecule has 1 saturated heterocycles. The van der Waals surface area contributed by atoms with Crippen molar-refractivity contribution in [3.63, 3.8) is 0 Å². The van der Waals surface area contributed by atoms with Crippen molar-refractivity contribution in [2.75, 3.05) is 38.2 Å². The molecular weight excluding hydrogens is 386 g/mol. The largest absolute Gasteiger partial charge is 0.455 e. The van der Waals surface area contributed by atoms with E-state index in [1.807, 2.05) is 0 Å². The topological polar surface area (TPSA) is 84.9 Å². The number of anilines is 1. The lowest BCUT2D eigenvalue weighted by Gasteiger charge is -2.31. The number of morpholine rings is 1. The number of hydrogen-bond donors (Lipinski definition) is 1. The molecule has 29 heavy (non-hydrogen) atoms. The summed E-state index contributed by atoms with van der Waals surface area (Å²) in [5.41, 5.74) is -1.55. The Bertz CT molecular complexity index is 754. The zero-order valence-electron chi connectivity index (χ0n) is 16.0. The lowest BCUT2D eigenvalue weighted by atomic mass is 9.82. The summed E-state index contributed by atoms with van der Waals surface area (Å²) in [6.07, 6.45) is 2.61. The van der Waals surface area contributed by atoms with Crippen molar-refractivity contribution in [2.24, 2.45) is 5.41 Å². The monoisotopic (exact) mass is 410 g/mol. The molecule has 0 atom stereocenters. The molecule has 0 unspecified atom stereocenters. The van der Waals surface area contributed by atoms with Gasteiger partial charge in [-0.2, -0.15) is 0 Å². The van der Waals surface area contributed by atoms with Crippen molar-refractivity contribution in [1.29, 1.82) is 0 Å². The second-order valence-corrected chi connectivity index (χ2v) is 7.38. The first-order valence-electron chi connectivity index (χ1n) is 9.68. The number of nitrogens with one attached hydrogen (secondary N) is 1. The predicted octanol–water partition coefficient (Wildman–Crippen LogP) is 2.26. The zero-order chi connectivity index (χ0) is 20.9. The Balaban J connectivity index is 1.58. The van der Waals surface area contributed by atoms with Crippen LogP contribution in [0.3, 0.4) is 0 Å². The second-order valence-electron chi connectivity index (χ2n) is 7.38. The van der Waals surface area contributed by atoms with Gasteiger partial charge in [0.05, 0.1) is 18.6 Å². The molecule has 1 saturated carbocycles. The van der Waals surface area contributed by atoms with E-state index < -0.39 is 41.2 Å². The minimum atomic E-state index is -0.959. The maximum absolute atomic E-state index is 13.6. The molecule has 1 N–H and O–H groups in total. The van der Waals surface area contributed by atoms with E-state index in [-0.39, 0.29) is 12.3 Å². The highest BCUT2D eigenvalue weighted by molar-refractivity contribution is 5.94. The quantitative estimate of drug-likeness (QED) is 0.728. The van der Waals surface area contributed by atoms with Crippen molar-refractivity contribution < 1.29 is 32.6 Å². The Kier molecular flexibility index (Phi) is 6.79. The first-order chi connectivity index (χ1) is 13.9. The SMILES string of the molecule is O=C(COC(=O)C1(CC(=O)N2CCOCC2)CCCC1)Nc1c(F)cccc1F. The van der Waals surface area contributed by atoms with Crippen LogP contribution >= 0.6 is 0 Å². The van der Waals surface area contributed by atoms with Gasteiger partial charge in [-0.25, -0.2) is 8.78 Å². The number of rotatable bonds is 6. The van der Waals surface area contributed by atoms with Crippen LogP contribution in [0.25, 0.3) is 0 Å². The van der Waals surface area contributed by atoms with Crippen LogP contribution in [0.1, 0.15) is 32.1 Å². The van der Waals surface area contributed by atoms with E-state index in [0.717, 1.165) is 25.0 Å². The molecule has 158 valence electrons. The lowest BCUT2D eigenvalue weighted by molar-refractivity contribution is -0.161. The highest BCUT2D eigenvalue weighted by Crippen LogP contribution is 2.42. The van der Waals surface area contributed by atoms with E-state index >= 15 is 0 Å². The molecular formula is C20H24F2N2O5. The van der Waals surface area contributed by atoms with Crippen molar-refractivity contribution >= 4 is 23.5 Å². The Hall–Kier alpha value is -2.55. The van der Waals surface area contributed by atoms with E-state index in [1.165, 1.54) is 6.07 Å². The summed E-state index contributed by atoms with van der Waals surface area (Å²) in [6, 6.07) is 3.20. The summed E-state index contributed by atoms with van der Waals surface area (Å²) in [4.78, 5) is 39.0. The van der Waals surface area contributed by atoms with Gasteiger partial charge >= 0.3 is 5.97 Å². The third-order valence-electron chi connectivity index (χ3n) is 5.41. The summed E-state index contributed by atoms with van der Waals surface area (Å²) in [6.45, 7) is 1.23. The van der Waals surface area contributed by atoms with Crippen LogP contribution < -0.4 is 5.32 Å². The van der Waals surface area contributed by atoms with Crippen LogP contribution in [0.2, 0.25) is 0 Å². The summed E-state index contributed by atoms with van der Waals surface area (Å²) in [7, 11) is 0. The molecule has 1 aliphatic heterocycles. The van der Waals surface area contributed by atoms with Crippen molar-refractivity contribution in [1.82, 2.24) is 4.90 Å². The van der Waals surface area contributed by atoms with E-state index in [4.69, 9.17) is 9.47 Å². The van der Waals surface area contributed by atoms with Gasteiger partial charge in [-0.05, 0) is 25.0 Å². The van der Waals surface area contributed by atoms with E-state index in [1.54, 1.807) is 4.90 Å². The fourth-order valence-electron chi connectivity index (χ4n) is 3.80. The molecule has 3 rings (SSSR count). The number of esters is 1. The van der Waals surface area contributed by atoms with Crippen molar-refractivity contribution in [3.8, 4) is 0 Å². The molecule has 2 fully saturated rings. The molecule has 0 aromatic heterocycles. The van der Waals surface area contributed by atoms with Crippen LogP contribution in [0.4, 0.5) is 14.5 Å². The Labute approximate surface area is 167 Å². The highest BCUT2D eigenvalue weighted by Gasteiger charge is 2.45. The minimum Gasteiger partial charge on any atom is -0.455 e. The normalized spacial score (nSPS) is 18.3. The van der Waals surface area contributed by atoms with Crippen molar-refractivity contribution in [3.05, 3.63) is 29.8 Å². The van der Waals surface area contributed by atoms with E-state index in [2.05, 4.69) is 5.32 Å². The Morgan fingerprint density at radius 2 is 1.72 bits per heavy atom. The molecule has 2 amide bonds. The predicted molar refractivity (Wildman–Crippen MR) is 98.9 cm³/mol. The van der Waals surface area contributed by atoms with Gasteiger partial charge in [0.15, 0.2) is 6.61 Å². The van der Waals surface area contributed by atoms with Gasteiger partial charge in [-0.1, -0.05) is 18.9 Å². The minimum absolute atomic E-state index is 0.0232. The zero-order valence-corrected chi connectivity index (χ0v) is 16.0. The number of amides is 2. The average molecular weight is 410 g/mol. The Morgan fingerprint density at radius 3 is 2.34 bits per heavy atom. The third-order valence-corrected chi connectivity index (χ3v) is 5.41. The number of para-hydroxylation sites is 1. The van der Waals surface area contributed by atoms with Gasteiger partial charge < -0.3 is 19.7 Å². The maximum atomic E-state index is 13.6. The molecule has 1 aromatic rings. The number of ether oxygens (including phenoxy) is 2. The number of nitrogens with zero attached hydrogens (tertiary/aromatic N) is 1. The van der Waals surface area contributed by atoms with Gasteiger partial charge in [-0.3, -0.25) is 14.4 Å². The number of carbonyl (C=O) groups is 3. The van der Waals surface area contributed by atoms with Crippen LogP contribution in [-0.2, 0) is 23.9 Å². The van der Waals surface area contributed by atoms with E-state index in [9.17, 15) is 23.2 Å². The van der Waals surface area contributed by atoms with Crippen LogP contribution in [0, 0.1) is 17.0 Å². The van der Waals surface area contributed by atoms with Gasteiger partial charge in [0, 0.05) is 19.5 Å². The maximum Gasteiger partial charge on any atom is 0.313 e. The third kappa shape index (κ3) is 5.09. The number of benzene rings is 1. The molecule has 2 aliphatic rings. The summed E-state index contributed by atoms with van der Waals surface area (Å²) in [5.74, 6) is -3.46. The van der Waals surface area contributed by atoms with E-state index in [0.29, 0.717) is 39.1 Å². The highest BCUT2D eigenvalue weighted by atomic mass is 19.1. The number of halogens is 2. The van der Waals surface area contributed by atoms with Crippen LogP contribution in [-0.4, -0.2) is 55.6 Å². The number of carbonyl (C=O) groups excluding carboxylic acids is 3. The van der Waals surface area contributed by atoms with Gasteiger partial charge in [0.25, 0.3) is 5.91 Å². The summed E-state index contributed by atoms with van der Waals surface area (Å²) < 4.78 is 37.6. The Morgan fingerprint density at radius 1 is 1.10 bits per heavy atom. The number of hydrogen-bond acceptors (Lipinski definition) is 5. The van der Waals surface area contributed by atoms with Gasteiger partial charge in [-0.15, -0.1) is 0 Å². The fraction of sp³-hybridized carbons (Fsp3) is 0.550. The first-order valence-corrected chi connectivity index (χ1v) is 9.68. The average Bonchev–Trinajstić information content (AvgIpc) is 3.19. The lowest BCUT2D eigenvalue weighted by Crippen LogP contribution is -2.44. The summed E-state index contributed by atoms with van der Waals surface area (Å²) >= 11 is 0. The van der Waals surface area contributed by atoms with Gasteiger partial charge in [0.1, 0.15) is 17.3 Å². The molecule has 1 aromatic carbocycles. The van der Waals surface area contributed by atoms with Crippen LogP contribution in [0.15, 0.2) is 18.2 Å². The fourth-order valence-corrected chi connectivity index (χ4v) is 3.80. The molecule has 7 nitrogen and oxygen atoms in total. The van der Waals surface area contributed by atoms with Crippen molar-refractivity contribution in [2.45, 2.75) is 32.1 Å². The summed E-state index contributed by atoms with van der Waals surface area (Å²) in [5, 5.41) is 2.07. The molecule has 0 spiro atoms.